The summed E-state index contributed by atoms with van der Waals surface area (Å²) in [5.41, 5.74) is 2.51. The molecule has 0 atom stereocenters. The second-order valence-corrected chi connectivity index (χ2v) is 9.06. The number of amides is 2. The molecule has 0 spiro atoms. The van der Waals surface area contributed by atoms with Crippen LogP contribution in [-0.2, 0) is 9.59 Å². The van der Waals surface area contributed by atoms with Gasteiger partial charge in [0.1, 0.15) is 5.70 Å². The van der Waals surface area contributed by atoms with Crippen molar-refractivity contribution in [2.75, 3.05) is 16.0 Å². The van der Waals surface area contributed by atoms with Gasteiger partial charge in [0.2, 0.25) is 5.91 Å². The number of thioether (sulfide) groups is 2. The number of amidine groups is 1. The van der Waals surface area contributed by atoms with Crippen LogP contribution in [0, 0.1) is 0 Å². The molecule has 4 rings (SSSR count). The van der Waals surface area contributed by atoms with Crippen molar-refractivity contribution in [2.45, 2.75) is 10.7 Å². The molecule has 1 heterocycles. The third-order valence-corrected chi connectivity index (χ3v) is 6.32. The van der Waals surface area contributed by atoms with Gasteiger partial charge in [0.15, 0.2) is 5.17 Å². The highest BCUT2D eigenvalue weighted by molar-refractivity contribution is 8.14. The highest BCUT2D eigenvalue weighted by Gasteiger charge is 2.31. The highest BCUT2D eigenvalue weighted by atomic mass is 32.2. The van der Waals surface area contributed by atoms with Crippen LogP contribution in [0.5, 0.6) is 0 Å². The van der Waals surface area contributed by atoms with E-state index in [1.807, 2.05) is 60.7 Å². The molecule has 34 heavy (non-hydrogen) atoms. The molecule has 0 fully saturated rings. The first-order chi connectivity index (χ1) is 16.5. The Labute approximate surface area is 204 Å². The van der Waals surface area contributed by atoms with Crippen LogP contribution in [0.25, 0.3) is 6.08 Å². The molecule has 0 saturated carbocycles. The number of aliphatic imine (C=N–C) groups is 1. The number of carbonyl (C=O) groups is 2. The smallest absolute Gasteiger partial charge is 0.296 e. The molecular formula is C25H19F2N3O2S2. The third kappa shape index (κ3) is 6.12. The quantitative estimate of drug-likeness (QED) is 0.316. The summed E-state index contributed by atoms with van der Waals surface area (Å²) < 4.78 is 24.9. The fourth-order valence-electron chi connectivity index (χ4n) is 3.20. The summed E-state index contributed by atoms with van der Waals surface area (Å²) in [6, 6.07) is 25.0. The molecule has 3 aromatic carbocycles. The van der Waals surface area contributed by atoms with Crippen molar-refractivity contribution in [3.8, 4) is 0 Å². The predicted octanol–water partition coefficient (Wildman–Crippen LogP) is 6.12. The zero-order valence-corrected chi connectivity index (χ0v) is 19.4. The van der Waals surface area contributed by atoms with Crippen LogP contribution in [0.15, 0.2) is 101 Å². The second kappa shape index (κ2) is 11.1. The standard InChI is InChI=1S/C25H19F2N3O2S2/c26-24(27)34-20-13-11-18(12-14-20)28-22(31)16-33-25-29-23(32)21(15-17-7-3-1-4-8-17)30(25)19-9-5-2-6-10-19/h1-15,24H,16H2,(H,28,31)/b21-15+. The van der Waals surface area contributed by atoms with Gasteiger partial charge in [-0.25, -0.2) is 0 Å². The molecule has 172 valence electrons. The third-order valence-electron chi connectivity index (χ3n) is 4.66. The lowest BCUT2D eigenvalue weighted by Gasteiger charge is -2.21. The van der Waals surface area contributed by atoms with Crippen molar-refractivity contribution in [1.29, 1.82) is 0 Å². The van der Waals surface area contributed by atoms with Gasteiger partial charge in [-0.3, -0.25) is 14.5 Å². The summed E-state index contributed by atoms with van der Waals surface area (Å²) in [6.07, 6.45) is 1.77. The van der Waals surface area contributed by atoms with Crippen molar-refractivity contribution >= 4 is 58.0 Å². The molecule has 0 saturated heterocycles. The number of hydrogen-bond donors (Lipinski definition) is 1. The average molecular weight is 496 g/mol. The Bertz CT molecular complexity index is 1220. The highest BCUT2D eigenvalue weighted by Crippen LogP contribution is 2.31. The van der Waals surface area contributed by atoms with Crippen LogP contribution in [-0.4, -0.2) is 28.5 Å². The normalized spacial score (nSPS) is 14.6. The summed E-state index contributed by atoms with van der Waals surface area (Å²) in [6.45, 7) is 0. The van der Waals surface area contributed by atoms with Crippen molar-refractivity contribution in [3.63, 3.8) is 0 Å². The summed E-state index contributed by atoms with van der Waals surface area (Å²) >= 11 is 1.59. The van der Waals surface area contributed by atoms with E-state index in [1.54, 1.807) is 23.1 Å². The number of carbonyl (C=O) groups excluding carboxylic acids is 2. The van der Waals surface area contributed by atoms with Gasteiger partial charge in [-0.1, -0.05) is 72.1 Å². The van der Waals surface area contributed by atoms with Crippen LogP contribution in [0.4, 0.5) is 20.2 Å². The van der Waals surface area contributed by atoms with Gasteiger partial charge in [0.05, 0.1) is 5.75 Å². The van der Waals surface area contributed by atoms with E-state index in [4.69, 9.17) is 0 Å². The van der Waals surface area contributed by atoms with Crippen LogP contribution in [0.3, 0.4) is 0 Å². The number of para-hydroxylation sites is 1. The van der Waals surface area contributed by atoms with E-state index < -0.39 is 5.76 Å². The average Bonchev–Trinajstić information content (AvgIpc) is 3.14. The van der Waals surface area contributed by atoms with Crippen LogP contribution < -0.4 is 10.2 Å². The van der Waals surface area contributed by atoms with E-state index in [2.05, 4.69) is 10.3 Å². The SMILES string of the molecule is O=C(CSC1=NC(=O)/C(=C\c2ccccc2)N1c1ccccc1)Nc1ccc(SC(F)F)cc1. The van der Waals surface area contributed by atoms with Crippen molar-refractivity contribution < 1.29 is 18.4 Å². The van der Waals surface area contributed by atoms with Gasteiger partial charge in [-0.15, -0.1) is 0 Å². The molecule has 3 aromatic rings. The first-order valence-electron chi connectivity index (χ1n) is 10.2. The summed E-state index contributed by atoms with van der Waals surface area (Å²) in [5.74, 6) is -3.17. The fraction of sp³-hybridized carbons (Fsp3) is 0.0800. The Hall–Kier alpha value is -3.43. The number of benzene rings is 3. The minimum Gasteiger partial charge on any atom is -0.325 e. The predicted molar refractivity (Wildman–Crippen MR) is 135 cm³/mol. The lowest BCUT2D eigenvalue weighted by Crippen LogP contribution is -2.26. The van der Waals surface area contributed by atoms with Crippen molar-refractivity contribution in [2.24, 2.45) is 4.99 Å². The van der Waals surface area contributed by atoms with E-state index >= 15 is 0 Å². The van der Waals surface area contributed by atoms with Gasteiger partial charge < -0.3 is 5.32 Å². The second-order valence-electron chi connectivity index (χ2n) is 7.05. The monoisotopic (exact) mass is 495 g/mol. The number of nitrogens with one attached hydrogen (secondary N) is 1. The molecule has 5 nitrogen and oxygen atoms in total. The molecule has 0 radical (unpaired) electrons. The molecule has 2 amide bonds. The minimum atomic E-state index is -2.50. The van der Waals surface area contributed by atoms with E-state index in [0.717, 1.165) is 23.0 Å². The van der Waals surface area contributed by atoms with Gasteiger partial charge in [0, 0.05) is 16.3 Å². The Balaban J connectivity index is 1.47. The molecule has 0 aliphatic carbocycles. The van der Waals surface area contributed by atoms with Crippen LogP contribution in [0.2, 0.25) is 0 Å². The van der Waals surface area contributed by atoms with Crippen LogP contribution in [0.1, 0.15) is 5.56 Å². The molecule has 1 aliphatic rings. The topological polar surface area (TPSA) is 61.8 Å². The zero-order valence-electron chi connectivity index (χ0n) is 17.7. The Morgan fingerprint density at radius 3 is 2.26 bits per heavy atom. The largest absolute Gasteiger partial charge is 0.325 e. The molecule has 0 bridgehead atoms. The molecule has 9 heteroatoms. The lowest BCUT2D eigenvalue weighted by molar-refractivity contribution is -0.114. The molecule has 0 unspecified atom stereocenters. The van der Waals surface area contributed by atoms with Crippen molar-refractivity contribution in [1.82, 2.24) is 0 Å². The Kier molecular flexibility index (Phi) is 7.76. The maximum absolute atomic E-state index is 12.8. The van der Waals surface area contributed by atoms with Crippen molar-refractivity contribution in [3.05, 3.63) is 96.2 Å². The Morgan fingerprint density at radius 2 is 1.62 bits per heavy atom. The van der Waals surface area contributed by atoms with E-state index in [0.29, 0.717) is 33.2 Å². The molecular weight excluding hydrogens is 476 g/mol. The number of anilines is 2. The maximum Gasteiger partial charge on any atom is 0.296 e. The lowest BCUT2D eigenvalue weighted by atomic mass is 10.1. The van der Waals surface area contributed by atoms with Crippen LogP contribution >= 0.6 is 23.5 Å². The molecule has 0 aromatic heterocycles. The van der Waals surface area contributed by atoms with E-state index in [9.17, 15) is 18.4 Å². The molecule has 1 N–H and O–H groups in total. The fourth-order valence-corrected chi connectivity index (χ4v) is 4.51. The zero-order chi connectivity index (χ0) is 23.9. The number of hydrogen-bond acceptors (Lipinski definition) is 5. The summed E-state index contributed by atoms with van der Waals surface area (Å²) in [7, 11) is 0. The first kappa shape index (κ1) is 23.7. The van der Waals surface area contributed by atoms with Gasteiger partial charge >= 0.3 is 0 Å². The molecule has 1 aliphatic heterocycles. The minimum absolute atomic E-state index is 0.0155. The van der Waals surface area contributed by atoms with E-state index in [-0.39, 0.29) is 17.6 Å². The van der Waals surface area contributed by atoms with E-state index in [1.165, 1.54) is 12.1 Å². The number of rotatable bonds is 7. The van der Waals surface area contributed by atoms with Gasteiger partial charge in [0.25, 0.3) is 11.7 Å². The van der Waals surface area contributed by atoms with Gasteiger partial charge in [-0.05, 0) is 48.0 Å². The maximum atomic E-state index is 12.8. The number of alkyl halides is 2. The number of halogens is 2. The number of nitrogens with zero attached hydrogens (tertiary/aromatic N) is 2. The summed E-state index contributed by atoms with van der Waals surface area (Å²) in [4.78, 5) is 31.6. The summed E-state index contributed by atoms with van der Waals surface area (Å²) in [5, 5.41) is 3.13. The Morgan fingerprint density at radius 1 is 0.971 bits per heavy atom. The first-order valence-corrected chi connectivity index (χ1v) is 12.1. The van der Waals surface area contributed by atoms with Gasteiger partial charge in [-0.2, -0.15) is 13.8 Å².